The van der Waals surface area contributed by atoms with E-state index < -0.39 is 5.97 Å². The Morgan fingerprint density at radius 3 is 3.21 bits per heavy atom. The van der Waals surface area contributed by atoms with Crippen LogP contribution >= 0.6 is 0 Å². The third kappa shape index (κ3) is 1.93. The Bertz CT molecular complexity index is 310. The highest BCUT2D eigenvalue weighted by molar-refractivity contribution is 5.70. The lowest BCUT2D eigenvalue weighted by atomic mass is 10.1. The number of nitrogens with one attached hydrogen (secondary N) is 1. The molecule has 0 radical (unpaired) electrons. The predicted molar refractivity (Wildman–Crippen MR) is 49.6 cm³/mol. The molecule has 0 bridgehead atoms. The molecule has 1 fully saturated rings. The second-order valence-electron chi connectivity index (χ2n) is 3.59. The molecule has 2 heterocycles. The van der Waals surface area contributed by atoms with E-state index in [0.717, 1.165) is 25.3 Å². The van der Waals surface area contributed by atoms with E-state index in [1.165, 1.54) is 0 Å². The van der Waals surface area contributed by atoms with Crippen molar-refractivity contribution in [3.8, 4) is 0 Å². The largest absolute Gasteiger partial charge is 0.481 e. The van der Waals surface area contributed by atoms with E-state index in [9.17, 15) is 4.79 Å². The number of carbonyl (C=O) groups is 1. The van der Waals surface area contributed by atoms with Gasteiger partial charge in [-0.3, -0.25) is 9.69 Å². The average Bonchev–Trinajstić information content (AvgIpc) is 2.75. The second-order valence-corrected chi connectivity index (χ2v) is 3.59. The van der Waals surface area contributed by atoms with Crippen molar-refractivity contribution in [2.45, 2.75) is 13.0 Å². The van der Waals surface area contributed by atoms with Crippen molar-refractivity contribution in [3.05, 3.63) is 18.2 Å². The highest BCUT2D eigenvalue weighted by atomic mass is 16.4. The SMILES string of the molecule is O=C(O)C1CCN(Cc2ncc[nH]2)C1. The van der Waals surface area contributed by atoms with E-state index in [1.807, 2.05) is 0 Å². The van der Waals surface area contributed by atoms with Crippen LogP contribution in [0.15, 0.2) is 12.4 Å². The zero-order chi connectivity index (χ0) is 9.97. The topological polar surface area (TPSA) is 69.2 Å². The van der Waals surface area contributed by atoms with Gasteiger partial charge in [0.05, 0.1) is 12.5 Å². The van der Waals surface area contributed by atoms with E-state index in [4.69, 9.17) is 5.11 Å². The fourth-order valence-corrected chi connectivity index (χ4v) is 1.77. The molecule has 0 spiro atoms. The smallest absolute Gasteiger partial charge is 0.307 e. The average molecular weight is 195 g/mol. The molecular weight excluding hydrogens is 182 g/mol. The van der Waals surface area contributed by atoms with Crippen molar-refractivity contribution in [1.29, 1.82) is 0 Å². The van der Waals surface area contributed by atoms with Crippen LogP contribution < -0.4 is 0 Å². The van der Waals surface area contributed by atoms with Crippen LogP contribution in [0.5, 0.6) is 0 Å². The Kier molecular flexibility index (Phi) is 2.49. The summed E-state index contributed by atoms with van der Waals surface area (Å²) in [6.07, 6.45) is 4.23. The van der Waals surface area contributed by atoms with Crippen molar-refractivity contribution in [3.63, 3.8) is 0 Å². The number of rotatable bonds is 3. The van der Waals surface area contributed by atoms with Gasteiger partial charge in [0.1, 0.15) is 5.82 Å². The molecule has 5 heteroatoms. The van der Waals surface area contributed by atoms with Crippen LogP contribution in [-0.2, 0) is 11.3 Å². The minimum Gasteiger partial charge on any atom is -0.481 e. The van der Waals surface area contributed by atoms with Crippen LogP contribution in [0.4, 0.5) is 0 Å². The molecule has 1 aromatic rings. The molecule has 1 aliphatic rings. The molecule has 2 rings (SSSR count). The normalized spacial score (nSPS) is 22.7. The summed E-state index contributed by atoms with van der Waals surface area (Å²) in [5, 5.41) is 8.81. The number of carboxylic acid groups (broad SMARTS) is 1. The van der Waals surface area contributed by atoms with Crippen molar-refractivity contribution in [2.24, 2.45) is 5.92 Å². The number of imidazole rings is 1. The molecule has 1 aliphatic heterocycles. The van der Waals surface area contributed by atoms with Gasteiger partial charge < -0.3 is 10.1 Å². The number of H-pyrrole nitrogens is 1. The Hall–Kier alpha value is -1.36. The number of hydrogen-bond donors (Lipinski definition) is 2. The minimum absolute atomic E-state index is 0.204. The summed E-state index contributed by atoms with van der Waals surface area (Å²) in [5.74, 6) is 0.00736. The van der Waals surface area contributed by atoms with Gasteiger partial charge in [-0.15, -0.1) is 0 Å². The molecule has 1 atom stereocenters. The summed E-state index contributed by atoms with van der Waals surface area (Å²) in [6.45, 7) is 2.20. The maximum absolute atomic E-state index is 10.7. The first kappa shape index (κ1) is 9.21. The number of nitrogens with zero attached hydrogens (tertiary/aromatic N) is 2. The zero-order valence-electron chi connectivity index (χ0n) is 7.81. The summed E-state index contributed by atoms with van der Waals surface area (Å²) in [5.41, 5.74) is 0. The predicted octanol–water partition coefficient (Wildman–Crippen LogP) is 0.316. The van der Waals surface area contributed by atoms with Crippen LogP contribution in [0.3, 0.4) is 0 Å². The fourth-order valence-electron chi connectivity index (χ4n) is 1.77. The third-order valence-corrected chi connectivity index (χ3v) is 2.55. The van der Waals surface area contributed by atoms with Gasteiger partial charge in [-0.1, -0.05) is 0 Å². The summed E-state index contributed by atoms with van der Waals surface area (Å²) in [7, 11) is 0. The lowest BCUT2D eigenvalue weighted by Crippen LogP contribution is -2.23. The number of aromatic nitrogens is 2. The summed E-state index contributed by atoms with van der Waals surface area (Å²) >= 11 is 0. The first-order valence-corrected chi connectivity index (χ1v) is 4.69. The lowest BCUT2D eigenvalue weighted by molar-refractivity contribution is -0.141. The van der Waals surface area contributed by atoms with E-state index in [1.54, 1.807) is 12.4 Å². The van der Waals surface area contributed by atoms with Crippen LogP contribution in [0.1, 0.15) is 12.2 Å². The Morgan fingerprint density at radius 1 is 1.79 bits per heavy atom. The summed E-state index contributed by atoms with van der Waals surface area (Å²) in [6, 6.07) is 0. The lowest BCUT2D eigenvalue weighted by Gasteiger charge is -2.12. The van der Waals surface area contributed by atoms with Gasteiger partial charge in [-0.2, -0.15) is 0 Å². The van der Waals surface area contributed by atoms with E-state index in [-0.39, 0.29) is 5.92 Å². The molecule has 0 saturated carbocycles. The van der Waals surface area contributed by atoms with Crippen LogP contribution in [0.25, 0.3) is 0 Å². The van der Waals surface area contributed by atoms with Gasteiger partial charge in [0.2, 0.25) is 0 Å². The number of aromatic amines is 1. The third-order valence-electron chi connectivity index (χ3n) is 2.55. The molecule has 0 aliphatic carbocycles. The standard InChI is InChI=1S/C9H13N3O2/c13-9(14)7-1-4-12(5-7)6-8-10-2-3-11-8/h2-3,7H,1,4-6H2,(H,10,11)(H,13,14). The second kappa shape index (κ2) is 3.79. The van der Waals surface area contributed by atoms with E-state index in [2.05, 4.69) is 14.9 Å². The first-order chi connectivity index (χ1) is 6.75. The monoisotopic (exact) mass is 195 g/mol. The molecule has 14 heavy (non-hydrogen) atoms. The molecule has 1 unspecified atom stereocenters. The van der Waals surface area contributed by atoms with E-state index in [0.29, 0.717) is 6.54 Å². The molecule has 1 saturated heterocycles. The van der Waals surface area contributed by atoms with Crippen LogP contribution in [0.2, 0.25) is 0 Å². The number of carboxylic acids is 1. The number of aliphatic carboxylic acids is 1. The molecule has 5 nitrogen and oxygen atoms in total. The fraction of sp³-hybridized carbons (Fsp3) is 0.556. The van der Waals surface area contributed by atoms with Crippen LogP contribution in [-0.4, -0.2) is 39.0 Å². The van der Waals surface area contributed by atoms with Gasteiger partial charge in [0.15, 0.2) is 0 Å². The molecular formula is C9H13N3O2. The van der Waals surface area contributed by atoms with Gasteiger partial charge >= 0.3 is 5.97 Å². The highest BCUT2D eigenvalue weighted by Gasteiger charge is 2.27. The maximum Gasteiger partial charge on any atom is 0.307 e. The maximum atomic E-state index is 10.7. The highest BCUT2D eigenvalue weighted by Crippen LogP contribution is 2.17. The molecule has 2 N–H and O–H groups in total. The van der Waals surface area contributed by atoms with Crippen molar-refractivity contribution >= 4 is 5.97 Å². The van der Waals surface area contributed by atoms with Crippen molar-refractivity contribution in [2.75, 3.05) is 13.1 Å². The Labute approximate surface area is 81.8 Å². The van der Waals surface area contributed by atoms with E-state index >= 15 is 0 Å². The molecule has 1 aromatic heterocycles. The molecule has 0 amide bonds. The molecule has 0 aromatic carbocycles. The van der Waals surface area contributed by atoms with Gasteiger partial charge in [0, 0.05) is 18.9 Å². The number of likely N-dealkylation sites (tertiary alicyclic amines) is 1. The zero-order valence-corrected chi connectivity index (χ0v) is 7.81. The quantitative estimate of drug-likeness (QED) is 0.728. The minimum atomic E-state index is -0.688. The first-order valence-electron chi connectivity index (χ1n) is 4.69. The molecule has 76 valence electrons. The summed E-state index contributed by atoms with van der Waals surface area (Å²) < 4.78 is 0. The number of hydrogen-bond acceptors (Lipinski definition) is 3. The van der Waals surface area contributed by atoms with Gasteiger partial charge in [-0.05, 0) is 13.0 Å². The summed E-state index contributed by atoms with van der Waals surface area (Å²) in [4.78, 5) is 19.9. The van der Waals surface area contributed by atoms with Crippen molar-refractivity contribution < 1.29 is 9.90 Å². The van der Waals surface area contributed by atoms with Crippen LogP contribution in [0, 0.1) is 5.92 Å². The van der Waals surface area contributed by atoms with Gasteiger partial charge in [-0.25, -0.2) is 4.98 Å². The Balaban J connectivity index is 1.87. The Morgan fingerprint density at radius 2 is 2.64 bits per heavy atom. The van der Waals surface area contributed by atoms with Gasteiger partial charge in [0.25, 0.3) is 0 Å². The van der Waals surface area contributed by atoms with Crippen molar-refractivity contribution in [1.82, 2.24) is 14.9 Å².